The Balaban J connectivity index is 1.62. The number of hydrogen-bond acceptors (Lipinski definition) is 5. The molecule has 1 saturated heterocycles. The summed E-state index contributed by atoms with van der Waals surface area (Å²) >= 11 is 7.57. The molecule has 1 aromatic heterocycles. The van der Waals surface area contributed by atoms with Crippen LogP contribution in [0.15, 0.2) is 41.4 Å². The number of anilines is 1. The third kappa shape index (κ3) is 3.60. The van der Waals surface area contributed by atoms with Gasteiger partial charge in [-0.3, -0.25) is 0 Å². The summed E-state index contributed by atoms with van der Waals surface area (Å²) in [7, 11) is 0. The minimum atomic E-state index is 0.158. The minimum Gasteiger partial charge on any atom is -0.488 e. The van der Waals surface area contributed by atoms with Gasteiger partial charge in [0.15, 0.2) is 5.82 Å². The van der Waals surface area contributed by atoms with Crippen molar-refractivity contribution in [3.05, 3.63) is 41.4 Å². The molecule has 1 aromatic carbocycles. The molecule has 1 atom stereocenters. The first-order chi connectivity index (χ1) is 10.2. The topological polar surface area (TPSA) is 38.2 Å². The summed E-state index contributed by atoms with van der Waals surface area (Å²) in [5.74, 6) is 1.73. The lowest BCUT2D eigenvalue weighted by Crippen LogP contribution is -2.25. The van der Waals surface area contributed by atoms with E-state index in [2.05, 4.69) is 15.1 Å². The lowest BCUT2D eigenvalue weighted by molar-refractivity contribution is 0.225. The molecule has 0 bridgehead atoms. The van der Waals surface area contributed by atoms with Crippen molar-refractivity contribution in [1.29, 1.82) is 0 Å². The maximum Gasteiger partial charge on any atom is 0.151 e. The van der Waals surface area contributed by atoms with Gasteiger partial charge in [0.1, 0.15) is 16.9 Å². The maximum atomic E-state index is 5.97. The Morgan fingerprint density at radius 2 is 2.19 bits per heavy atom. The van der Waals surface area contributed by atoms with Crippen molar-refractivity contribution in [2.45, 2.75) is 17.6 Å². The summed E-state index contributed by atoms with van der Waals surface area (Å²) in [6.45, 7) is 1.75. The van der Waals surface area contributed by atoms with Gasteiger partial charge >= 0.3 is 0 Å². The molecule has 6 heteroatoms. The quantitative estimate of drug-likeness (QED) is 0.806. The van der Waals surface area contributed by atoms with Crippen LogP contribution in [-0.2, 0) is 0 Å². The fourth-order valence-electron chi connectivity index (χ4n) is 2.36. The van der Waals surface area contributed by atoms with Crippen LogP contribution in [0.3, 0.4) is 0 Å². The lowest BCUT2D eigenvalue weighted by atomic mass is 10.3. The van der Waals surface area contributed by atoms with Crippen LogP contribution in [-0.4, -0.2) is 35.6 Å². The largest absolute Gasteiger partial charge is 0.488 e. The molecule has 21 heavy (non-hydrogen) atoms. The monoisotopic (exact) mass is 321 g/mol. The van der Waals surface area contributed by atoms with E-state index >= 15 is 0 Å². The van der Waals surface area contributed by atoms with Gasteiger partial charge in [-0.05, 0) is 36.6 Å². The van der Waals surface area contributed by atoms with Gasteiger partial charge in [0.25, 0.3) is 0 Å². The van der Waals surface area contributed by atoms with Crippen LogP contribution in [0.5, 0.6) is 5.75 Å². The molecule has 4 nitrogen and oxygen atoms in total. The first-order valence-corrected chi connectivity index (χ1v) is 8.40. The number of nitrogens with zero attached hydrogens (tertiary/aromatic N) is 3. The van der Waals surface area contributed by atoms with Crippen LogP contribution in [0.4, 0.5) is 5.82 Å². The van der Waals surface area contributed by atoms with E-state index in [0.717, 1.165) is 36.1 Å². The Kier molecular flexibility index (Phi) is 4.51. The van der Waals surface area contributed by atoms with E-state index in [1.807, 2.05) is 42.7 Å². The van der Waals surface area contributed by atoms with Crippen LogP contribution in [0, 0.1) is 0 Å². The molecule has 0 aliphatic carbocycles. The molecular weight excluding hydrogens is 306 g/mol. The summed E-state index contributed by atoms with van der Waals surface area (Å²) in [4.78, 5) is 2.20. The Morgan fingerprint density at radius 1 is 1.29 bits per heavy atom. The molecular formula is C15H16ClN3OS. The van der Waals surface area contributed by atoms with E-state index in [0.29, 0.717) is 5.02 Å². The van der Waals surface area contributed by atoms with E-state index in [9.17, 15) is 0 Å². The van der Waals surface area contributed by atoms with Gasteiger partial charge in [-0.2, -0.15) is 0 Å². The highest BCUT2D eigenvalue weighted by molar-refractivity contribution is 7.98. The van der Waals surface area contributed by atoms with E-state index < -0.39 is 0 Å². The third-order valence-electron chi connectivity index (χ3n) is 3.40. The van der Waals surface area contributed by atoms with Crippen molar-refractivity contribution in [3.8, 4) is 5.75 Å². The summed E-state index contributed by atoms with van der Waals surface area (Å²) < 4.78 is 5.97. The van der Waals surface area contributed by atoms with Crippen LogP contribution in [0.25, 0.3) is 0 Å². The fourth-order valence-corrected chi connectivity index (χ4v) is 2.86. The van der Waals surface area contributed by atoms with Crippen molar-refractivity contribution >= 4 is 29.2 Å². The average molecular weight is 322 g/mol. The SMILES string of the molecule is CSc1ccc(N2CCC(Oc3cccc(Cl)c3)C2)nn1. The lowest BCUT2D eigenvalue weighted by Gasteiger charge is -2.17. The maximum absolute atomic E-state index is 5.97. The van der Waals surface area contributed by atoms with Crippen LogP contribution >= 0.6 is 23.4 Å². The van der Waals surface area contributed by atoms with Crippen LogP contribution in [0.2, 0.25) is 5.02 Å². The van der Waals surface area contributed by atoms with E-state index in [1.54, 1.807) is 11.8 Å². The first-order valence-electron chi connectivity index (χ1n) is 6.79. The van der Waals surface area contributed by atoms with Crippen molar-refractivity contribution in [2.75, 3.05) is 24.2 Å². The second kappa shape index (κ2) is 6.54. The molecule has 2 aromatic rings. The summed E-state index contributed by atoms with van der Waals surface area (Å²) in [6, 6.07) is 11.5. The number of rotatable bonds is 4. The molecule has 110 valence electrons. The molecule has 1 fully saturated rings. The summed E-state index contributed by atoms with van der Waals surface area (Å²) in [5.41, 5.74) is 0. The molecule has 1 aliphatic rings. The number of halogens is 1. The number of hydrogen-bond donors (Lipinski definition) is 0. The van der Waals surface area contributed by atoms with Gasteiger partial charge < -0.3 is 9.64 Å². The smallest absolute Gasteiger partial charge is 0.151 e. The first kappa shape index (κ1) is 14.5. The van der Waals surface area contributed by atoms with Crippen molar-refractivity contribution < 1.29 is 4.74 Å². The Morgan fingerprint density at radius 3 is 2.90 bits per heavy atom. The number of ether oxygens (including phenoxy) is 1. The van der Waals surface area contributed by atoms with Crippen molar-refractivity contribution in [3.63, 3.8) is 0 Å². The standard InChI is InChI=1S/C15H16ClN3OS/c1-21-15-6-5-14(17-18-15)19-8-7-13(10-19)20-12-4-2-3-11(16)9-12/h2-6,9,13H,7-8,10H2,1H3. The van der Waals surface area contributed by atoms with Crippen LogP contribution in [0.1, 0.15) is 6.42 Å². The molecule has 0 N–H and O–H groups in total. The summed E-state index contributed by atoms with van der Waals surface area (Å²) in [6.07, 6.45) is 3.12. The normalized spacial score (nSPS) is 18.0. The molecule has 0 spiro atoms. The van der Waals surface area contributed by atoms with Gasteiger partial charge in [0.2, 0.25) is 0 Å². The predicted octanol–water partition coefficient (Wildman–Crippen LogP) is 3.51. The number of aromatic nitrogens is 2. The molecule has 0 saturated carbocycles. The fraction of sp³-hybridized carbons (Fsp3) is 0.333. The zero-order valence-electron chi connectivity index (χ0n) is 11.7. The highest BCUT2D eigenvalue weighted by atomic mass is 35.5. The van der Waals surface area contributed by atoms with E-state index in [-0.39, 0.29) is 6.10 Å². The summed E-state index contributed by atoms with van der Waals surface area (Å²) in [5, 5.41) is 10.1. The Labute approximate surface area is 133 Å². The molecule has 1 aliphatic heterocycles. The minimum absolute atomic E-state index is 0.158. The van der Waals surface area contributed by atoms with Crippen molar-refractivity contribution in [2.24, 2.45) is 0 Å². The van der Waals surface area contributed by atoms with Gasteiger partial charge in [0.05, 0.1) is 6.54 Å². The number of benzene rings is 1. The third-order valence-corrected chi connectivity index (χ3v) is 4.27. The second-order valence-electron chi connectivity index (χ2n) is 4.87. The van der Waals surface area contributed by atoms with E-state index in [1.165, 1.54) is 0 Å². The Bertz CT molecular complexity index is 608. The van der Waals surface area contributed by atoms with Gasteiger partial charge in [-0.25, -0.2) is 0 Å². The second-order valence-corrected chi connectivity index (χ2v) is 6.13. The average Bonchev–Trinajstić information content (AvgIpc) is 2.96. The van der Waals surface area contributed by atoms with Crippen molar-refractivity contribution in [1.82, 2.24) is 10.2 Å². The number of thioether (sulfide) groups is 1. The predicted molar refractivity (Wildman–Crippen MR) is 86.5 cm³/mol. The van der Waals surface area contributed by atoms with E-state index in [4.69, 9.17) is 16.3 Å². The molecule has 1 unspecified atom stereocenters. The zero-order chi connectivity index (χ0) is 14.7. The molecule has 2 heterocycles. The van der Waals surface area contributed by atoms with Gasteiger partial charge in [0, 0.05) is 18.0 Å². The molecule has 3 rings (SSSR count). The van der Waals surface area contributed by atoms with Gasteiger partial charge in [-0.1, -0.05) is 17.7 Å². The van der Waals surface area contributed by atoms with Gasteiger partial charge in [-0.15, -0.1) is 22.0 Å². The molecule has 0 radical (unpaired) electrons. The highest BCUT2D eigenvalue weighted by Gasteiger charge is 2.25. The molecule has 0 amide bonds. The zero-order valence-corrected chi connectivity index (χ0v) is 13.3. The van der Waals surface area contributed by atoms with Crippen LogP contribution < -0.4 is 9.64 Å². The Hall–Kier alpha value is -1.46. The highest BCUT2D eigenvalue weighted by Crippen LogP contribution is 2.24.